The second-order valence-corrected chi connectivity index (χ2v) is 19.1. The topological polar surface area (TPSA) is 52.6 Å². The van der Waals surface area contributed by atoms with E-state index in [0.717, 1.165) is 44.9 Å². The van der Waals surface area contributed by atoms with Gasteiger partial charge in [-0.1, -0.05) is 120 Å². The number of Topliss-reactive ketones (excluding diaryl/α,β-unsaturated/α-hetero) is 2. The Kier molecular flexibility index (Phi) is 6.82. The third-order valence-corrected chi connectivity index (χ3v) is 11.0. The van der Waals surface area contributed by atoms with Crippen LogP contribution in [0.5, 0.6) is 11.5 Å². The van der Waals surface area contributed by atoms with Gasteiger partial charge in [0.2, 0.25) is 11.6 Å². The highest BCUT2D eigenvalue weighted by atomic mass is 16.5. The van der Waals surface area contributed by atoms with E-state index in [2.05, 4.69) is 120 Å². The summed E-state index contributed by atoms with van der Waals surface area (Å²) in [7, 11) is 0. The molecule has 4 heteroatoms. The van der Waals surface area contributed by atoms with Crippen LogP contribution in [0.25, 0.3) is 0 Å². The molecular weight excluding hydrogens is 592 g/mol. The predicted octanol–water partition coefficient (Wildman–Crippen LogP) is 9.59. The number of hydrogen-bond acceptors (Lipinski definition) is 4. The fourth-order valence-corrected chi connectivity index (χ4v) is 7.88. The van der Waals surface area contributed by atoms with Crippen molar-refractivity contribution >= 4 is 11.6 Å². The van der Waals surface area contributed by atoms with Gasteiger partial charge in [-0.05, 0) is 78.3 Å². The molecule has 2 aromatic rings. The van der Waals surface area contributed by atoms with E-state index in [1.165, 1.54) is 11.1 Å². The van der Waals surface area contributed by atoms with Crippen molar-refractivity contribution in [3.63, 3.8) is 0 Å². The van der Waals surface area contributed by atoms with Gasteiger partial charge in [0, 0.05) is 36.8 Å². The fourth-order valence-electron chi connectivity index (χ4n) is 7.88. The van der Waals surface area contributed by atoms with Gasteiger partial charge in [-0.2, -0.15) is 0 Å². The van der Waals surface area contributed by atoms with Crippen LogP contribution in [0.1, 0.15) is 123 Å². The Labute approximate surface area is 287 Å². The predicted molar refractivity (Wildman–Crippen MR) is 193 cm³/mol. The molecule has 0 radical (unpaired) electrons. The molecule has 4 nitrogen and oxygen atoms in total. The zero-order valence-corrected chi connectivity index (χ0v) is 31.1. The molecule has 0 fully saturated rings. The van der Waals surface area contributed by atoms with Crippen LogP contribution < -0.4 is 9.47 Å². The molecule has 2 spiro atoms. The highest BCUT2D eigenvalue weighted by molar-refractivity contribution is 6.11. The molecule has 0 saturated heterocycles. The number of fused-ring (bicyclic) bond motifs is 2. The number of rotatable bonds is 0. The maximum Gasteiger partial charge on any atom is 0.207 e. The van der Waals surface area contributed by atoms with Crippen molar-refractivity contribution in [1.29, 1.82) is 0 Å². The Hall–Kier alpha value is -3.66. The van der Waals surface area contributed by atoms with E-state index < -0.39 is 11.2 Å². The maximum atomic E-state index is 14.8. The van der Waals surface area contributed by atoms with Crippen LogP contribution in [0.15, 0.2) is 70.9 Å². The molecular formula is C44H52O4. The Morgan fingerprint density at radius 3 is 1.19 bits per heavy atom. The standard InChI is InChI=1S/C44H52O4/c1-39(2,3)31-15-25-13-26-16-32(40(4,5)6)20-30-22-44(48-36(26)30)24-34(42(10,11)12)18-28(38(44)46)14-27-17-33(41(7,8)9)23-43(37(27)45)21-29(19-31)35(25)47-43/h15-20,23-24H,13-14,21-22H2,1-12H3/t43-,44+. The summed E-state index contributed by atoms with van der Waals surface area (Å²) in [6, 6.07) is 9.05. The van der Waals surface area contributed by atoms with E-state index >= 15 is 0 Å². The molecule has 3 heterocycles. The van der Waals surface area contributed by atoms with Gasteiger partial charge in [-0.3, -0.25) is 9.59 Å². The minimum atomic E-state index is -1.15. The molecule has 0 aromatic heterocycles. The molecule has 48 heavy (non-hydrogen) atoms. The van der Waals surface area contributed by atoms with Gasteiger partial charge in [0.15, 0.2) is 11.2 Å². The molecule has 3 aliphatic heterocycles. The van der Waals surface area contributed by atoms with Crippen molar-refractivity contribution in [3.05, 3.63) is 104 Å². The first-order valence-electron chi connectivity index (χ1n) is 17.7. The van der Waals surface area contributed by atoms with Crippen LogP contribution in [-0.2, 0) is 39.7 Å². The summed E-state index contributed by atoms with van der Waals surface area (Å²) in [5.74, 6) is 1.52. The van der Waals surface area contributed by atoms with Gasteiger partial charge in [-0.25, -0.2) is 0 Å². The molecule has 0 amide bonds. The lowest BCUT2D eigenvalue weighted by molar-refractivity contribution is -0.126. The van der Waals surface area contributed by atoms with Gasteiger partial charge >= 0.3 is 0 Å². The maximum absolute atomic E-state index is 14.8. The SMILES string of the molecule is CC(C)(C)C1=C[C@]23Cc4cc(C(C)(C)C)cc(c4O2)Cc2cc(C(C)(C)C)cc4c2O[C@@]2(C=C(C(C)(C)C)C=C(CC(=C1)C3=O)C2=O)C4. The number of hydrogen-bond donors (Lipinski definition) is 0. The monoisotopic (exact) mass is 644 g/mol. The van der Waals surface area contributed by atoms with Gasteiger partial charge in [-0.15, -0.1) is 0 Å². The molecule has 252 valence electrons. The Morgan fingerprint density at radius 1 is 0.500 bits per heavy atom. The average molecular weight is 645 g/mol. The summed E-state index contributed by atoms with van der Waals surface area (Å²) >= 11 is 0. The normalized spacial score (nSPS) is 25.0. The second-order valence-electron chi connectivity index (χ2n) is 19.1. The van der Waals surface area contributed by atoms with E-state index in [4.69, 9.17) is 9.47 Å². The molecule has 0 N–H and O–H groups in total. The first-order valence-corrected chi connectivity index (χ1v) is 17.7. The second kappa shape index (κ2) is 9.96. The lowest BCUT2D eigenvalue weighted by Crippen LogP contribution is -2.47. The van der Waals surface area contributed by atoms with Crippen LogP contribution in [-0.4, -0.2) is 22.8 Å². The quantitative estimate of drug-likeness (QED) is 0.287. The minimum Gasteiger partial charge on any atom is -0.474 e. The van der Waals surface area contributed by atoms with Gasteiger partial charge < -0.3 is 9.47 Å². The minimum absolute atomic E-state index is 0.0507. The molecule has 7 rings (SSSR count). The summed E-state index contributed by atoms with van der Waals surface area (Å²) in [4.78, 5) is 29.7. The highest BCUT2D eigenvalue weighted by Gasteiger charge is 2.53. The van der Waals surface area contributed by atoms with Crippen LogP contribution in [0.4, 0.5) is 0 Å². The summed E-state index contributed by atoms with van der Waals surface area (Å²) in [6.07, 6.45) is 9.97. The largest absolute Gasteiger partial charge is 0.474 e. The van der Waals surface area contributed by atoms with Crippen LogP contribution >= 0.6 is 0 Å². The first kappa shape index (κ1) is 32.9. The summed E-state index contributed by atoms with van der Waals surface area (Å²) in [5.41, 5.74) is 7.09. The number of benzene rings is 2. The van der Waals surface area contributed by atoms with Gasteiger partial charge in [0.1, 0.15) is 11.5 Å². The molecule has 2 aromatic carbocycles. The summed E-state index contributed by atoms with van der Waals surface area (Å²) in [6.45, 7) is 26.5. The van der Waals surface area contributed by atoms with Crippen molar-refractivity contribution in [2.45, 2.75) is 131 Å². The lowest BCUT2D eigenvalue weighted by atomic mass is 9.71. The van der Waals surface area contributed by atoms with E-state index in [0.29, 0.717) is 30.4 Å². The fraction of sp³-hybridized carbons (Fsp3) is 0.500. The van der Waals surface area contributed by atoms with Crippen LogP contribution in [0.3, 0.4) is 0 Å². The van der Waals surface area contributed by atoms with Crippen molar-refractivity contribution in [2.75, 3.05) is 0 Å². The number of carbonyl (C=O) groups is 2. The third kappa shape index (κ3) is 5.17. The van der Waals surface area contributed by atoms with Gasteiger partial charge in [0.25, 0.3) is 0 Å². The number of ether oxygens (including phenoxy) is 2. The Bertz CT molecular complexity index is 1790. The molecule has 0 saturated carbocycles. The van der Waals surface area contributed by atoms with Crippen molar-refractivity contribution in [1.82, 2.24) is 0 Å². The highest BCUT2D eigenvalue weighted by Crippen LogP contribution is 2.51. The molecule has 0 unspecified atom stereocenters. The van der Waals surface area contributed by atoms with Crippen molar-refractivity contribution < 1.29 is 19.1 Å². The zero-order valence-electron chi connectivity index (χ0n) is 31.1. The van der Waals surface area contributed by atoms with Crippen LogP contribution in [0, 0.1) is 10.8 Å². The van der Waals surface area contributed by atoms with Crippen LogP contribution in [0.2, 0.25) is 0 Å². The molecule has 2 atom stereocenters. The number of carbonyl (C=O) groups excluding carboxylic acids is 2. The third-order valence-electron chi connectivity index (χ3n) is 11.0. The number of ketones is 2. The Balaban J connectivity index is 1.54. The summed E-state index contributed by atoms with van der Waals surface area (Å²) < 4.78 is 14.1. The van der Waals surface area contributed by atoms with Crippen molar-refractivity contribution in [3.8, 4) is 11.5 Å². The van der Waals surface area contributed by atoms with E-state index in [-0.39, 0.29) is 39.6 Å². The average Bonchev–Trinajstić information content (AvgIpc) is 3.50. The van der Waals surface area contributed by atoms with Crippen molar-refractivity contribution in [2.24, 2.45) is 10.8 Å². The van der Waals surface area contributed by atoms with E-state index in [1.807, 2.05) is 12.2 Å². The van der Waals surface area contributed by atoms with E-state index in [9.17, 15) is 9.59 Å². The Morgan fingerprint density at radius 2 is 0.854 bits per heavy atom. The van der Waals surface area contributed by atoms with E-state index in [1.54, 1.807) is 0 Å². The molecule has 5 aliphatic rings. The zero-order chi connectivity index (χ0) is 35.0. The smallest absolute Gasteiger partial charge is 0.207 e. The first-order chi connectivity index (χ1) is 22.0. The van der Waals surface area contributed by atoms with Gasteiger partial charge in [0.05, 0.1) is 0 Å². The molecule has 6 bridgehead atoms. The number of allylic oxidation sites excluding steroid dienone is 4. The molecule has 2 aliphatic carbocycles. The lowest BCUT2D eigenvalue weighted by Gasteiger charge is -2.36. The summed E-state index contributed by atoms with van der Waals surface area (Å²) in [5, 5.41) is 0.